The molecule has 22 heavy (non-hydrogen) atoms. The van der Waals surface area contributed by atoms with E-state index in [0.29, 0.717) is 37.6 Å². The molecule has 0 N–H and O–H groups in total. The van der Waals surface area contributed by atoms with Crippen LogP contribution in [0.5, 0.6) is 5.88 Å². The molecule has 2 aliphatic rings. The highest BCUT2D eigenvalue weighted by atomic mass is 79.9. The number of fused-ring (bicyclic) bond motifs is 1. The van der Waals surface area contributed by atoms with Crippen LogP contribution in [0.4, 0.5) is 5.69 Å². The molecule has 1 aliphatic heterocycles. The van der Waals surface area contributed by atoms with Crippen molar-refractivity contribution in [2.45, 2.75) is 24.5 Å². The number of ether oxygens (including phenoxy) is 1. The van der Waals surface area contributed by atoms with Crippen molar-refractivity contribution in [1.29, 1.82) is 0 Å². The van der Waals surface area contributed by atoms with Gasteiger partial charge in [-0.3, -0.25) is 4.31 Å². The normalized spacial score (nSPS) is 24.5. The lowest BCUT2D eigenvalue weighted by Gasteiger charge is -2.34. The number of halogens is 1. The zero-order valence-corrected chi connectivity index (χ0v) is 14.6. The lowest BCUT2D eigenvalue weighted by molar-refractivity contribution is 0.311. The molecule has 0 amide bonds. The van der Waals surface area contributed by atoms with Crippen LogP contribution in [0.15, 0.2) is 41.0 Å². The number of pyridine rings is 1. The van der Waals surface area contributed by atoms with Crippen molar-refractivity contribution in [3.8, 4) is 5.88 Å². The summed E-state index contributed by atoms with van der Waals surface area (Å²) >= 11 is 3.35. The van der Waals surface area contributed by atoms with Crippen molar-refractivity contribution in [2.24, 2.45) is 0 Å². The van der Waals surface area contributed by atoms with Crippen LogP contribution in [-0.4, -0.2) is 31.3 Å². The van der Waals surface area contributed by atoms with Gasteiger partial charge in [0.15, 0.2) is 0 Å². The van der Waals surface area contributed by atoms with E-state index in [1.807, 2.05) is 12.2 Å². The van der Waals surface area contributed by atoms with Crippen molar-refractivity contribution in [2.75, 3.05) is 17.5 Å². The predicted octanol–water partition coefficient (Wildman–Crippen LogP) is 3.04. The zero-order valence-electron chi connectivity index (χ0n) is 12.2. The first kappa shape index (κ1) is 15.6. The van der Waals surface area contributed by atoms with Crippen LogP contribution in [0.25, 0.3) is 0 Å². The quantitative estimate of drug-likeness (QED) is 0.785. The Hall–Kier alpha value is -1.34. The summed E-state index contributed by atoms with van der Waals surface area (Å²) < 4.78 is 33.3. The van der Waals surface area contributed by atoms with Gasteiger partial charge in [-0.1, -0.05) is 24.3 Å². The van der Waals surface area contributed by atoms with E-state index in [4.69, 9.17) is 4.74 Å². The maximum atomic E-state index is 13.2. The number of sulfonamides is 1. The monoisotopic (exact) mass is 384 g/mol. The number of hydrogen-bond donors (Lipinski definition) is 0. The van der Waals surface area contributed by atoms with E-state index in [2.05, 4.69) is 20.9 Å². The average Bonchev–Trinajstić information content (AvgIpc) is 2.70. The van der Waals surface area contributed by atoms with E-state index in [0.717, 1.165) is 4.47 Å². The van der Waals surface area contributed by atoms with Crippen molar-refractivity contribution >= 4 is 31.6 Å². The Morgan fingerprint density at radius 3 is 2.95 bits per heavy atom. The molecule has 0 aromatic carbocycles. The number of anilines is 1. The van der Waals surface area contributed by atoms with Gasteiger partial charge >= 0.3 is 0 Å². The third-order valence-electron chi connectivity index (χ3n) is 3.91. The fourth-order valence-corrected chi connectivity index (χ4v) is 4.74. The zero-order chi connectivity index (χ0) is 15.8. The second kappa shape index (κ2) is 5.70. The Balaban J connectivity index is 2.09. The van der Waals surface area contributed by atoms with Crippen LogP contribution < -0.4 is 9.04 Å². The van der Waals surface area contributed by atoms with E-state index in [1.165, 1.54) is 4.31 Å². The Labute approximate surface area is 138 Å². The van der Waals surface area contributed by atoms with Crippen LogP contribution in [0.3, 0.4) is 0 Å². The van der Waals surface area contributed by atoms with E-state index in [9.17, 15) is 8.42 Å². The summed E-state index contributed by atoms with van der Waals surface area (Å²) in [5.74, 6) is 0.364. The van der Waals surface area contributed by atoms with Gasteiger partial charge in [0.1, 0.15) is 10.4 Å². The van der Waals surface area contributed by atoms with Gasteiger partial charge in [-0.2, -0.15) is 0 Å². The third kappa shape index (κ3) is 2.56. The van der Waals surface area contributed by atoms with Crippen LogP contribution in [-0.2, 0) is 10.0 Å². The molecule has 0 saturated carbocycles. The molecule has 1 aromatic rings. The number of allylic oxidation sites excluding steroid dienone is 3. The molecule has 1 aliphatic carbocycles. The van der Waals surface area contributed by atoms with Gasteiger partial charge in [-0.15, -0.1) is 0 Å². The molecule has 2 heterocycles. The van der Waals surface area contributed by atoms with Gasteiger partial charge in [0.05, 0.1) is 6.61 Å². The molecule has 1 unspecified atom stereocenters. The highest BCUT2D eigenvalue weighted by Gasteiger charge is 2.42. The molecule has 7 heteroatoms. The van der Waals surface area contributed by atoms with Crippen LogP contribution >= 0.6 is 15.9 Å². The molecular formula is C15H17BrN2O3S. The van der Waals surface area contributed by atoms with E-state index in [1.54, 1.807) is 31.3 Å². The smallest absolute Gasteiger partial charge is 0.244 e. The maximum Gasteiger partial charge on any atom is 0.244 e. The van der Waals surface area contributed by atoms with E-state index < -0.39 is 14.8 Å². The molecule has 0 saturated heterocycles. The van der Waals surface area contributed by atoms with Crippen molar-refractivity contribution < 1.29 is 13.2 Å². The van der Waals surface area contributed by atoms with Crippen LogP contribution in [0, 0.1) is 0 Å². The molecule has 1 aromatic heterocycles. The maximum absolute atomic E-state index is 13.2. The molecule has 0 spiro atoms. The number of aromatic nitrogens is 1. The molecule has 0 fully saturated rings. The average molecular weight is 385 g/mol. The molecule has 3 rings (SSSR count). The first-order chi connectivity index (χ1) is 10.4. The Bertz CT molecular complexity index is 745. The second-order valence-electron chi connectivity index (χ2n) is 5.56. The van der Waals surface area contributed by atoms with Gasteiger partial charge in [-0.25, -0.2) is 13.4 Å². The first-order valence-corrected chi connectivity index (χ1v) is 9.32. The van der Waals surface area contributed by atoms with Crippen LogP contribution in [0.1, 0.15) is 19.8 Å². The molecule has 0 bridgehead atoms. The summed E-state index contributed by atoms with van der Waals surface area (Å²) in [6, 6.07) is 1.75. The van der Waals surface area contributed by atoms with E-state index in [-0.39, 0.29) is 0 Å². The van der Waals surface area contributed by atoms with Gasteiger partial charge in [0.2, 0.25) is 15.9 Å². The summed E-state index contributed by atoms with van der Waals surface area (Å²) in [6.07, 6.45) is 9.98. The Morgan fingerprint density at radius 1 is 1.41 bits per heavy atom. The van der Waals surface area contributed by atoms with Gasteiger partial charge in [0.25, 0.3) is 0 Å². The number of nitrogens with zero attached hydrogens (tertiary/aromatic N) is 2. The van der Waals surface area contributed by atoms with Gasteiger partial charge in [0, 0.05) is 23.6 Å². The fraction of sp³-hybridized carbons (Fsp3) is 0.400. The lowest BCUT2D eigenvalue weighted by atomic mass is 10.0. The fourth-order valence-electron chi connectivity index (χ4n) is 2.60. The largest absolute Gasteiger partial charge is 0.476 e. The summed E-state index contributed by atoms with van der Waals surface area (Å²) in [6.45, 7) is 2.60. The molecule has 5 nitrogen and oxygen atoms in total. The number of hydrogen-bond acceptors (Lipinski definition) is 4. The molecule has 0 radical (unpaired) electrons. The van der Waals surface area contributed by atoms with Crippen LogP contribution in [0.2, 0.25) is 0 Å². The molecular weight excluding hydrogens is 368 g/mol. The standard InChI is InChI=1S/C15H17BrN2O3S/c1-15(6-3-2-4-7-15)22(19,20)18-8-5-9-21-14-13(18)10-12(16)11-17-14/h2-4,6,10-11H,5,7-9H2,1H3. The minimum Gasteiger partial charge on any atom is -0.476 e. The van der Waals surface area contributed by atoms with Crippen molar-refractivity contribution in [3.63, 3.8) is 0 Å². The SMILES string of the molecule is CC1(S(=O)(=O)N2CCCOc3ncc(Br)cc32)C=CC=CC1. The second-order valence-corrected chi connectivity index (χ2v) is 8.80. The van der Waals surface area contributed by atoms with E-state index >= 15 is 0 Å². The Kier molecular flexibility index (Phi) is 4.03. The highest BCUT2D eigenvalue weighted by Crippen LogP contribution is 2.38. The van der Waals surface area contributed by atoms with Crippen molar-refractivity contribution in [1.82, 2.24) is 4.98 Å². The summed E-state index contributed by atoms with van der Waals surface area (Å²) in [5.41, 5.74) is 0.496. The third-order valence-corrected chi connectivity index (χ3v) is 6.78. The molecule has 1 atom stereocenters. The summed E-state index contributed by atoms with van der Waals surface area (Å²) in [5, 5.41) is 0. The first-order valence-electron chi connectivity index (χ1n) is 7.09. The minimum atomic E-state index is -3.58. The summed E-state index contributed by atoms with van der Waals surface area (Å²) in [4.78, 5) is 4.20. The van der Waals surface area contributed by atoms with Gasteiger partial charge < -0.3 is 4.74 Å². The number of rotatable bonds is 2. The van der Waals surface area contributed by atoms with Gasteiger partial charge in [-0.05, 0) is 35.3 Å². The lowest BCUT2D eigenvalue weighted by Crippen LogP contribution is -2.46. The minimum absolute atomic E-state index is 0.364. The Morgan fingerprint density at radius 2 is 2.23 bits per heavy atom. The van der Waals surface area contributed by atoms with Crippen molar-refractivity contribution in [3.05, 3.63) is 41.0 Å². The highest BCUT2D eigenvalue weighted by molar-refractivity contribution is 9.10. The predicted molar refractivity (Wildman–Crippen MR) is 89.6 cm³/mol. The topological polar surface area (TPSA) is 59.5 Å². The summed E-state index contributed by atoms with van der Waals surface area (Å²) in [7, 11) is -3.58. The molecule has 118 valence electrons.